The number of carboxylic acids is 1. The maximum absolute atomic E-state index is 13.3. The fourth-order valence-corrected chi connectivity index (χ4v) is 4.08. The Morgan fingerprint density at radius 1 is 1.15 bits per heavy atom. The zero-order chi connectivity index (χ0) is 25.4. The molecule has 34 heavy (non-hydrogen) atoms. The quantitative estimate of drug-likeness (QED) is 0.290. The first-order chi connectivity index (χ1) is 16.1. The lowest BCUT2D eigenvalue weighted by Crippen LogP contribution is -2.60. The highest BCUT2D eigenvalue weighted by Crippen LogP contribution is 2.22. The van der Waals surface area contributed by atoms with Crippen molar-refractivity contribution in [3.05, 3.63) is 18.2 Å². The maximum atomic E-state index is 13.3. The number of aromatic nitrogens is 2. The molecule has 2 rings (SSSR count). The Morgan fingerprint density at radius 2 is 1.76 bits per heavy atom. The Hall–Kier alpha value is -2.95. The van der Waals surface area contributed by atoms with E-state index in [1.165, 1.54) is 11.2 Å². The van der Waals surface area contributed by atoms with Crippen LogP contribution in [0.2, 0.25) is 0 Å². The summed E-state index contributed by atoms with van der Waals surface area (Å²) in [6, 6.07) is -3.55. The fraction of sp³-hybridized carbons (Fsp3) is 0.696. The van der Waals surface area contributed by atoms with Crippen LogP contribution in [0.4, 0.5) is 0 Å². The number of nitrogens with one attached hydrogen (secondary N) is 3. The maximum Gasteiger partial charge on any atom is 0.326 e. The van der Waals surface area contributed by atoms with Crippen molar-refractivity contribution in [3.8, 4) is 0 Å². The minimum absolute atomic E-state index is 0.213. The third-order valence-corrected chi connectivity index (χ3v) is 6.72. The smallest absolute Gasteiger partial charge is 0.326 e. The molecule has 0 radical (unpaired) electrons. The number of aliphatic carboxylic acids is 1. The number of amides is 3. The lowest BCUT2D eigenvalue weighted by molar-refractivity contribution is -0.150. The second-order valence-electron chi connectivity index (χ2n) is 9.16. The van der Waals surface area contributed by atoms with E-state index in [2.05, 4.69) is 20.6 Å². The van der Waals surface area contributed by atoms with Gasteiger partial charge in [-0.05, 0) is 24.7 Å². The summed E-state index contributed by atoms with van der Waals surface area (Å²) in [5, 5.41) is 15.0. The zero-order valence-electron chi connectivity index (χ0n) is 20.4. The van der Waals surface area contributed by atoms with Crippen molar-refractivity contribution in [2.75, 3.05) is 6.54 Å². The molecule has 0 aromatic carbocycles. The molecule has 6 unspecified atom stereocenters. The fourth-order valence-electron chi connectivity index (χ4n) is 4.08. The Labute approximate surface area is 200 Å². The van der Waals surface area contributed by atoms with Gasteiger partial charge in [-0.1, -0.05) is 40.5 Å². The summed E-state index contributed by atoms with van der Waals surface area (Å²) < 4.78 is 0. The van der Waals surface area contributed by atoms with Gasteiger partial charge in [0.1, 0.15) is 18.1 Å². The average molecular weight is 479 g/mol. The highest BCUT2D eigenvalue weighted by atomic mass is 16.4. The number of imidazole rings is 1. The molecule has 1 aliphatic heterocycles. The van der Waals surface area contributed by atoms with Crippen molar-refractivity contribution in [2.45, 2.75) is 84.0 Å². The molecule has 3 amide bonds. The molecule has 6 atom stereocenters. The molecule has 1 aromatic heterocycles. The van der Waals surface area contributed by atoms with E-state index in [0.717, 1.165) is 0 Å². The Bertz CT molecular complexity index is 845. The van der Waals surface area contributed by atoms with Gasteiger partial charge in [-0.3, -0.25) is 14.4 Å². The molecule has 0 aliphatic carbocycles. The second-order valence-corrected chi connectivity index (χ2v) is 9.16. The van der Waals surface area contributed by atoms with Gasteiger partial charge < -0.3 is 31.4 Å². The van der Waals surface area contributed by atoms with Crippen LogP contribution in [-0.2, 0) is 25.6 Å². The Kier molecular flexibility index (Phi) is 10.0. The van der Waals surface area contributed by atoms with E-state index in [0.29, 0.717) is 37.9 Å². The number of nitrogens with zero attached hydrogens (tertiary/aromatic N) is 2. The number of rotatable bonds is 12. The van der Waals surface area contributed by atoms with Gasteiger partial charge in [0.05, 0.1) is 12.4 Å². The summed E-state index contributed by atoms with van der Waals surface area (Å²) in [6.07, 6.45) is 5.53. The molecular weight excluding hydrogens is 440 g/mol. The van der Waals surface area contributed by atoms with Gasteiger partial charge in [0.25, 0.3) is 0 Å². The standard InChI is InChI=1S/C23H38N6O5/c1-5-13(3)18(27-20(30)16(24)10-15-11-25-12-26-15)21(31)28-19(14(4)6-2)22(32)29-9-7-8-17(29)23(33)34/h11-14,16-19H,5-10,24H2,1-4H3,(H,25,26)(H,27,30)(H,28,31)(H,33,34). The molecule has 2 heterocycles. The van der Waals surface area contributed by atoms with Gasteiger partial charge >= 0.3 is 5.97 Å². The van der Waals surface area contributed by atoms with Crippen molar-refractivity contribution in [1.82, 2.24) is 25.5 Å². The van der Waals surface area contributed by atoms with Crippen molar-refractivity contribution >= 4 is 23.7 Å². The van der Waals surface area contributed by atoms with Gasteiger partial charge in [-0.25, -0.2) is 9.78 Å². The van der Waals surface area contributed by atoms with Gasteiger partial charge in [0, 0.05) is 24.9 Å². The molecule has 0 spiro atoms. The van der Waals surface area contributed by atoms with Crippen LogP contribution in [0.25, 0.3) is 0 Å². The summed E-state index contributed by atoms with van der Waals surface area (Å²) in [5.74, 6) is -2.85. The first kappa shape index (κ1) is 27.3. The van der Waals surface area contributed by atoms with Crippen LogP contribution in [0.5, 0.6) is 0 Å². The molecule has 6 N–H and O–H groups in total. The van der Waals surface area contributed by atoms with E-state index in [1.807, 2.05) is 27.7 Å². The van der Waals surface area contributed by atoms with Gasteiger partial charge in [-0.15, -0.1) is 0 Å². The summed E-state index contributed by atoms with van der Waals surface area (Å²) in [5.41, 5.74) is 6.74. The number of H-pyrrole nitrogens is 1. The minimum atomic E-state index is -1.05. The van der Waals surface area contributed by atoms with E-state index in [1.54, 1.807) is 6.20 Å². The van der Waals surface area contributed by atoms with Gasteiger partial charge in [-0.2, -0.15) is 0 Å². The number of carboxylic acid groups (broad SMARTS) is 1. The van der Waals surface area contributed by atoms with E-state index >= 15 is 0 Å². The monoisotopic (exact) mass is 478 g/mol. The summed E-state index contributed by atoms with van der Waals surface area (Å²) in [6.45, 7) is 7.82. The van der Waals surface area contributed by atoms with Crippen molar-refractivity contribution in [2.24, 2.45) is 17.6 Å². The van der Waals surface area contributed by atoms with Crippen molar-refractivity contribution in [3.63, 3.8) is 0 Å². The van der Waals surface area contributed by atoms with Crippen LogP contribution in [0.3, 0.4) is 0 Å². The van der Waals surface area contributed by atoms with E-state index in [-0.39, 0.29) is 18.3 Å². The molecule has 0 bridgehead atoms. The molecule has 1 aromatic rings. The highest BCUT2D eigenvalue weighted by molar-refractivity contribution is 5.94. The summed E-state index contributed by atoms with van der Waals surface area (Å²) in [7, 11) is 0. The molecule has 190 valence electrons. The number of hydrogen-bond acceptors (Lipinski definition) is 6. The van der Waals surface area contributed by atoms with Crippen LogP contribution >= 0.6 is 0 Å². The van der Waals surface area contributed by atoms with Crippen molar-refractivity contribution in [1.29, 1.82) is 0 Å². The SMILES string of the molecule is CCC(C)C(NC(=O)C(N)Cc1cnc[nH]1)C(=O)NC(C(=O)N1CCCC1C(=O)O)C(C)CC. The molecule has 1 saturated heterocycles. The lowest BCUT2D eigenvalue weighted by Gasteiger charge is -2.32. The summed E-state index contributed by atoms with van der Waals surface area (Å²) >= 11 is 0. The minimum Gasteiger partial charge on any atom is -0.480 e. The number of carbonyl (C=O) groups excluding carboxylic acids is 3. The number of nitrogens with two attached hydrogens (primary N) is 1. The Morgan fingerprint density at radius 3 is 2.32 bits per heavy atom. The van der Waals surface area contributed by atoms with E-state index < -0.39 is 47.9 Å². The van der Waals surface area contributed by atoms with Crippen LogP contribution < -0.4 is 16.4 Å². The lowest BCUT2D eigenvalue weighted by atomic mass is 9.94. The van der Waals surface area contributed by atoms with E-state index in [9.17, 15) is 24.3 Å². The first-order valence-electron chi connectivity index (χ1n) is 12.0. The van der Waals surface area contributed by atoms with E-state index in [4.69, 9.17) is 5.73 Å². The predicted molar refractivity (Wildman–Crippen MR) is 125 cm³/mol. The molecule has 0 saturated carbocycles. The average Bonchev–Trinajstić information content (AvgIpc) is 3.51. The van der Waals surface area contributed by atoms with Gasteiger partial charge in [0.2, 0.25) is 17.7 Å². The highest BCUT2D eigenvalue weighted by Gasteiger charge is 2.40. The number of likely N-dealkylation sites (tertiary alicyclic amines) is 1. The third kappa shape index (κ3) is 6.78. The topological polar surface area (TPSA) is 171 Å². The molecule has 1 aliphatic rings. The van der Waals surface area contributed by atoms with Crippen LogP contribution in [0, 0.1) is 11.8 Å². The van der Waals surface area contributed by atoms with Gasteiger partial charge in [0.15, 0.2) is 0 Å². The van der Waals surface area contributed by atoms with Crippen LogP contribution in [0.1, 0.15) is 59.1 Å². The van der Waals surface area contributed by atoms with Crippen LogP contribution in [-0.4, -0.2) is 74.4 Å². The molecular formula is C23H38N6O5. The normalized spacial score (nSPS) is 20.1. The summed E-state index contributed by atoms with van der Waals surface area (Å²) in [4.78, 5) is 59.1. The molecule has 1 fully saturated rings. The largest absolute Gasteiger partial charge is 0.480 e. The zero-order valence-corrected chi connectivity index (χ0v) is 20.4. The Balaban J connectivity index is 2.15. The van der Waals surface area contributed by atoms with Crippen LogP contribution in [0.15, 0.2) is 12.5 Å². The number of hydrogen-bond donors (Lipinski definition) is 5. The molecule has 11 nitrogen and oxygen atoms in total. The number of carbonyl (C=O) groups is 4. The first-order valence-corrected chi connectivity index (χ1v) is 12.0. The van der Waals surface area contributed by atoms with Crippen molar-refractivity contribution < 1.29 is 24.3 Å². The third-order valence-electron chi connectivity index (χ3n) is 6.72. The molecule has 11 heteroatoms. The number of aromatic amines is 1. The second kappa shape index (κ2) is 12.5. The predicted octanol–water partition coefficient (Wildman–Crippen LogP) is 0.417.